The molecule has 0 aliphatic heterocycles. The summed E-state index contributed by atoms with van der Waals surface area (Å²) in [6, 6.07) is 0. The number of aliphatic hydroxyl groups excluding tert-OH is 1. The number of rotatable bonds is 57. The van der Waals surface area contributed by atoms with Gasteiger partial charge in [-0.15, -0.1) is 0 Å². The van der Waals surface area contributed by atoms with Crippen molar-refractivity contribution < 1.29 is 52.2 Å². The number of carbonyl (C=O) groups is 3. The molecule has 0 heterocycles. The van der Waals surface area contributed by atoms with E-state index in [1.807, 2.05) is 0 Å². The molecule has 0 bridgehead atoms. The molecule has 11 nitrogen and oxygen atoms in total. The Balaban J connectivity index is 4.74. The lowest BCUT2D eigenvalue weighted by Crippen LogP contribution is -2.30. The molecule has 2 N–H and O–H groups in total. The predicted molar refractivity (Wildman–Crippen MR) is 316 cm³/mol. The van der Waals surface area contributed by atoms with Crippen molar-refractivity contribution in [2.24, 2.45) is 0 Å². The highest BCUT2D eigenvalue weighted by Gasteiger charge is 2.28. The number of phosphoric acid groups is 1. The van der Waals surface area contributed by atoms with Crippen LogP contribution in [-0.2, 0) is 42.2 Å². The first-order chi connectivity index (χ1) is 37.2. The Morgan fingerprint density at radius 1 is 0.382 bits per heavy atom. The minimum absolute atomic E-state index is 0.150. The second kappa shape index (κ2) is 58.1. The van der Waals surface area contributed by atoms with Crippen LogP contribution in [-0.4, -0.2) is 66.5 Å². The van der Waals surface area contributed by atoms with Crippen LogP contribution < -0.4 is 0 Å². The molecule has 3 atom stereocenters. The van der Waals surface area contributed by atoms with Gasteiger partial charge in [0.1, 0.15) is 12.7 Å². The first-order valence-corrected chi connectivity index (χ1v) is 32.3. The van der Waals surface area contributed by atoms with Crippen molar-refractivity contribution in [3.05, 3.63) is 72.9 Å². The van der Waals surface area contributed by atoms with Gasteiger partial charge in [-0.1, -0.05) is 248 Å². The molecule has 3 unspecified atom stereocenters. The molecule has 0 rings (SSSR count). The standard InChI is InChI=1S/C64H113O11P/c1-4-7-10-13-16-19-22-25-27-29-30-32-34-37-40-43-46-49-52-55-64(68)75-61(57-71-62(66)53-50-47-44-41-38-36-33-31-28-26-23-20-17-14-11-8-5-2)59-73-76(69,70)72-58-60(56-65)74-63(67)54-51-48-45-42-39-35-24-21-18-15-12-9-6-3/h7,10,12,15-16,19,21,24-25,27,30,32,60-61,65H,4-6,8-9,11,13-14,17-18,20,22-23,26,28-29,31,33-59H2,1-3H3,(H,69,70)/b10-7-,15-12-,19-16-,24-21-,27-25-,32-30-. The van der Waals surface area contributed by atoms with Gasteiger partial charge in [-0.3, -0.25) is 23.4 Å². The van der Waals surface area contributed by atoms with Gasteiger partial charge in [0.15, 0.2) is 6.10 Å². The van der Waals surface area contributed by atoms with Gasteiger partial charge in [0.25, 0.3) is 0 Å². The van der Waals surface area contributed by atoms with Gasteiger partial charge in [-0.05, 0) is 83.5 Å². The van der Waals surface area contributed by atoms with Gasteiger partial charge in [0, 0.05) is 19.3 Å². The number of unbranched alkanes of at least 4 members (excludes halogenated alkanes) is 28. The summed E-state index contributed by atoms with van der Waals surface area (Å²) in [6.07, 6.45) is 65.7. The van der Waals surface area contributed by atoms with Crippen LogP contribution in [0.4, 0.5) is 0 Å². The van der Waals surface area contributed by atoms with Crippen LogP contribution in [0.3, 0.4) is 0 Å². The van der Waals surface area contributed by atoms with Crippen molar-refractivity contribution in [1.29, 1.82) is 0 Å². The molecule has 440 valence electrons. The molecular formula is C64H113O11P. The third-order valence-corrected chi connectivity index (χ3v) is 14.0. The van der Waals surface area contributed by atoms with Crippen LogP contribution in [0.2, 0.25) is 0 Å². The first kappa shape index (κ1) is 72.9. The van der Waals surface area contributed by atoms with Crippen LogP contribution in [0.1, 0.15) is 278 Å². The summed E-state index contributed by atoms with van der Waals surface area (Å²) in [7, 11) is -4.76. The van der Waals surface area contributed by atoms with E-state index in [2.05, 4.69) is 93.7 Å². The number of carbonyl (C=O) groups excluding carboxylic acids is 3. The third-order valence-electron chi connectivity index (χ3n) is 13.1. The van der Waals surface area contributed by atoms with E-state index >= 15 is 0 Å². The van der Waals surface area contributed by atoms with Gasteiger partial charge >= 0.3 is 25.7 Å². The van der Waals surface area contributed by atoms with Crippen molar-refractivity contribution in [2.45, 2.75) is 290 Å². The van der Waals surface area contributed by atoms with Crippen LogP contribution in [0.5, 0.6) is 0 Å². The number of phosphoric ester groups is 1. The van der Waals surface area contributed by atoms with E-state index in [1.54, 1.807) is 0 Å². The molecule has 0 aliphatic carbocycles. The Bertz CT molecular complexity index is 1550. The Morgan fingerprint density at radius 2 is 0.711 bits per heavy atom. The smallest absolute Gasteiger partial charge is 0.462 e. The minimum atomic E-state index is -4.76. The van der Waals surface area contributed by atoms with Gasteiger partial charge in [0.2, 0.25) is 0 Å². The lowest BCUT2D eigenvalue weighted by molar-refractivity contribution is -0.161. The highest BCUT2D eigenvalue weighted by Crippen LogP contribution is 2.43. The van der Waals surface area contributed by atoms with Crippen LogP contribution in [0.15, 0.2) is 72.9 Å². The van der Waals surface area contributed by atoms with Crippen molar-refractivity contribution in [2.75, 3.05) is 26.4 Å². The van der Waals surface area contributed by atoms with Gasteiger partial charge < -0.3 is 24.2 Å². The quantitative estimate of drug-likeness (QED) is 0.0197. The Hall–Kier alpha value is -3.08. The fourth-order valence-corrected chi connectivity index (χ4v) is 9.23. The van der Waals surface area contributed by atoms with E-state index in [0.717, 1.165) is 128 Å². The molecule has 0 aliphatic rings. The summed E-state index contributed by atoms with van der Waals surface area (Å²) in [5, 5.41) is 9.82. The van der Waals surface area contributed by atoms with Gasteiger partial charge in [0.05, 0.1) is 19.8 Å². The van der Waals surface area contributed by atoms with Gasteiger partial charge in [-0.2, -0.15) is 0 Å². The van der Waals surface area contributed by atoms with Crippen molar-refractivity contribution in [1.82, 2.24) is 0 Å². The molecule has 0 amide bonds. The molecule has 76 heavy (non-hydrogen) atoms. The van der Waals surface area contributed by atoms with Crippen LogP contribution in [0, 0.1) is 0 Å². The average molecular weight is 1090 g/mol. The number of aliphatic hydroxyl groups is 1. The molecule has 0 saturated heterocycles. The first-order valence-electron chi connectivity index (χ1n) is 30.8. The normalized spacial score (nSPS) is 13.8. The Kier molecular flexibility index (Phi) is 55.7. The zero-order chi connectivity index (χ0) is 55.5. The molecule has 0 aromatic carbocycles. The van der Waals surface area contributed by atoms with Crippen molar-refractivity contribution in [3.63, 3.8) is 0 Å². The molecule has 0 radical (unpaired) electrons. The van der Waals surface area contributed by atoms with E-state index in [9.17, 15) is 28.9 Å². The fourth-order valence-electron chi connectivity index (χ4n) is 8.45. The summed E-state index contributed by atoms with van der Waals surface area (Å²) in [5.74, 6) is -1.48. The summed E-state index contributed by atoms with van der Waals surface area (Å²) in [6.45, 7) is 4.47. The third kappa shape index (κ3) is 55.7. The number of esters is 3. The lowest BCUT2D eigenvalue weighted by atomic mass is 10.0. The predicted octanol–water partition coefficient (Wildman–Crippen LogP) is 18.5. The summed E-state index contributed by atoms with van der Waals surface area (Å²) < 4.78 is 39.6. The van der Waals surface area contributed by atoms with Crippen LogP contribution in [0.25, 0.3) is 0 Å². The maximum Gasteiger partial charge on any atom is 0.472 e. The fraction of sp³-hybridized carbons (Fsp3) is 0.766. The number of ether oxygens (including phenoxy) is 3. The largest absolute Gasteiger partial charge is 0.472 e. The highest BCUT2D eigenvalue weighted by molar-refractivity contribution is 7.47. The summed E-state index contributed by atoms with van der Waals surface area (Å²) in [4.78, 5) is 48.7. The monoisotopic (exact) mass is 1090 g/mol. The summed E-state index contributed by atoms with van der Waals surface area (Å²) >= 11 is 0. The number of allylic oxidation sites excluding steroid dienone is 12. The number of hydrogen-bond donors (Lipinski definition) is 2. The zero-order valence-electron chi connectivity index (χ0n) is 48.7. The zero-order valence-corrected chi connectivity index (χ0v) is 49.6. The topological polar surface area (TPSA) is 155 Å². The van der Waals surface area contributed by atoms with E-state index in [1.165, 1.54) is 89.9 Å². The highest BCUT2D eigenvalue weighted by atomic mass is 31.2. The van der Waals surface area contributed by atoms with E-state index < -0.39 is 57.8 Å². The van der Waals surface area contributed by atoms with Gasteiger partial charge in [-0.25, -0.2) is 4.57 Å². The maximum atomic E-state index is 12.9. The molecule has 0 fully saturated rings. The van der Waals surface area contributed by atoms with E-state index in [0.29, 0.717) is 19.3 Å². The van der Waals surface area contributed by atoms with E-state index in [4.69, 9.17) is 23.3 Å². The molecular weight excluding hydrogens is 976 g/mol. The second-order valence-electron chi connectivity index (χ2n) is 20.5. The molecule has 0 spiro atoms. The summed E-state index contributed by atoms with van der Waals surface area (Å²) in [5.41, 5.74) is 0. The lowest BCUT2D eigenvalue weighted by Gasteiger charge is -2.21. The molecule has 0 aromatic heterocycles. The molecule has 0 aromatic rings. The van der Waals surface area contributed by atoms with Crippen molar-refractivity contribution >= 4 is 25.7 Å². The van der Waals surface area contributed by atoms with Crippen LogP contribution >= 0.6 is 7.82 Å². The Labute approximate surface area is 465 Å². The maximum absolute atomic E-state index is 12.9. The van der Waals surface area contributed by atoms with Crippen molar-refractivity contribution in [3.8, 4) is 0 Å². The molecule has 0 saturated carbocycles. The minimum Gasteiger partial charge on any atom is -0.462 e. The SMILES string of the molecule is CC/C=C\C/C=C\C/C=C\C/C=C\CCCCCCCCC(=O)OC(COC(=O)CCCCCCCCCCCCCCCCCCC)COP(=O)(O)OCC(CO)OC(=O)CCCCCCC/C=C\C/C=C\CCC. The molecule has 12 heteroatoms. The second-order valence-corrected chi connectivity index (χ2v) is 21.9. The average Bonchev–Trinajstić information content (AvgIpc) is 3.41. The van der Waals surface area contributed by atoms with E-state index in [-0.39, 0.29) is 25.9 Å². The Morgan fingerprint density at radius 3 is 1.11 bits per heavy atom. The number of hydrogen-bond acceptors (Lipinski definition) is 10.